The number of halogens is 6. The van der Waals surface area contributed by atoms with Crippen LogP contribution in [-0.4, -0.2) is 15.7 Å². The monoisotopic (exact) mass is 413 g/mol. The Morgan fingerprint density at radius 3 is 2.14 bits per heavy atom. The Morgan fingerprint density at radius 2 is 1.55 bits per heavy atom. The Balaban J connectivity index is 1.94. The van der Waals surface area contributed by atoms with Gasteiger partial charge in [-0.15, -0.1) is 0 Å². The predicted molar refractivity (Wildman–Crippen MR) is 93.0 cm³/mol. The molecule has 3 rings (SSSR count). The zero-order valence-electron chi connectivity index (χ0n) is 14.8. The molecule has 1 heterocycles. The zero-order valence-corrected chi connectivity index (χ0v) is 14.8. The van der Waals surface area contributed by atoms with Crippen molar-refractivity contribution in [2.75, 3.05) is 5.32 Å². The molecule has 0 spiro atoms. The van der Waals surface area contributed by atoms with E-state index >= 15 is 0 Å². The van der Waals surface area contributed by atoms with Gasteiger partial charge < -0.3 is 5.32 Å². The van der Waals surface area contributed by atoms with Crippen LogP contribution in [0.25, 0.3) is 11.1 Å². The minimum atomic E-state index is -4.82. The van der Waals surface area contributed by atoms with Gasteiger partial charge in [-0.3, -0.25) is 9.48 Å². The summed E-state index contributed by atoms with van der Waals surface area (Å²) in [4.78, 5) is 12.5. The first-order chi connectivity index (χ1) is 13.5. The van der Waals surface area contributed by atoms with E-state index < -0.39 is 35.1 Å². The predicted octanol–water partition coefficient (Wildman–Crippen LogP) is 5.38. The minimum Gasteiger partial charge on any atom is -0.321 e. The zero-order chi connectivity index (χ0) is 21.4. The lowest BCUT2D eigenvalue weighted by atomic mass is 10.0. The molecule has 0 aliphatic rings. The third-order valence-corrected chi connectivity index (χ3v) is 4.04. The number of amides is 1. The van der Waals surface area contributed by atoms with Gasteiger partial charge in [0.15, 0.2) is 5.69 Å². The molecule has 0 unspecified atom stereocenters. The van der Waals surface area contributed by atoms with E-state index in [-0.39, 0.29) is 5.69 Å². The van der Waals surface area contributed by atoms with Gasteiger partial charge in [0.1, 0.15) is 0 Å². The number of aryl methyl sites for hydroxylation is 1. The molecule has 152 valence electrons. The van der Waals surface area contributed by atoms with E-state index in [9.17, 15) is 31.1 Å². The molecular weight excluding hydrogens is 400 g/mol. The van der Waals surface area contributed by atoms with Crippen molar-refractivity contribution in [1.29, 1.82) is 0 Å². The van der Waals surface area contributed by atoms with Crippen molar-refractivity contribution >= 4 is 11.6 Å². The number of hydrogen-bond donors (Lipinski definition) is 1. The third kappa shape index (κ3) is 4.41. The Kier molecular flexibility index (Phi) is 5.12. The maximum absolute atomic E-state index is 13.1. The van der Waals surface area contributed by atoms with Crippen molar-refractivity contribution in [3.8, 4) is 11.1 Å². The van der Waals surface area contributed by atoms with E-state index in [1.54, 1.807) is 6.07 Å². The second-order valence-corrected chi connectivity index (χ2v) is 6.14. The van der Waals surface area contributed by atoms with Crippen LogP contribution in [0.2, 0.25) is 0 Å². The molecule has 0 aliphatic carbocycles. The number of nitrogens with one attached hydrogen (secondary N) is 1. The first-order valence-corrected chi connectivity index (χ1v) is 8.15. The highest BCUT2D eigenvalue weighted by Crippen LogP contribution is 2.34. The number of nitrogens with zero attached hydrogens (tertiary/aromatic N) is 2. The summed E-state index contributed by atoms with van der Waals surface area (Å²) in [5, 5.41) is 5.66. The van der Waals surface area contributed by atoms with Gasteiger partial charge in [0.25, 0.3) is 5.91 Å². The normalized spacial score (nSPS) is 12.1. The lowest BCUT2D eigenvalue weighted by Crippen LogP contribution is -2.18. The third-order valence-electron chi connectivity index (χ3n) is 4.04. The molecule has 1 amide bonds. The van der Waals surface area contributed by atoms with E-state index in [4.69, 9.17) is 0 Å². The first kappa shape index (κ1) is 20.4. The largest absolute Gasteiger partial charge is 0.435 e. The average Bonchev–Trinajstić information content (AvgIpc) is 3.04. The van der Waals surface area contributed by atoms with Gasteiger partial charge in [0.05, 0.1) is 11.1 Å². The summed E-state index contributed by atoms with van der Waals surface area (Å²) >= 11 is 0. The van der Waals surface area contributed by atoms with Crippen LogP contribution in [0.3, 0.4) is 0 Å². The standard InChI is InChI=1S/C19H13F6N3O/c1-28-10-14(16(27-28)19(23,24)25)17(29)26-15-5-3-2-4-13(15)11-6-8-12(9-7-11)18(20,21)22/h2-10H,1H3,(H,26,29). The van der Waals surface area contributed by atoms with Gasteiger partial charge in [-0.05, 0) is 23.8 Å². The number of anilines is 1. The van der Waals surface area contributed by atoms with Crippen molar-refractivity contribution in [3.05, 3.63) is 71.5 Å². The summed E-state index contributed by atoms with van der Waals surface area (Å²) in [6.45, 7) is 0. The number of alkyl halides is 6. The van der Waals surface area contributed by atoms with Crippen LogP contribution >= 0.6 is 0 Å². The quantitative estimate of drug-likeness (QED) is 0.587. The van der Waals surface area contributed by atoms with Crippen molar-refractivity contribution < 1.29 is 31.1 Å². The molecule has 29 heavy (non-hydrogen) atoms. The van der Waals surface area contributed by atoms with Crippen molar-refractivity contribution in [1.82, 2.24) is 9.78 Å². The van der Waals surface area contributed by atoms with Crippen LogP contribution < -0.4 is 5.32 Å². The van der Waals surface area contributed by atoms with Crippen LogP contribution in [0.4, 0.5) is 32.0 Å². The summed E-state index contributed by atoms with van der Waals surface area (Å²) in [5.41, 5.74) is -1.97. The molecule has 0 aliphatic heterocycles. The second-order valence-electron chi connectivity index (χ2n) is 6.14. The minimum absolute atomic E-state index is 0.147. The number of carbonyl (C=O) groups is 1. The molecular formula is C19H13F6N3O. The number of hydrogen-bond acceptors (Lipinski definition) is 2. The topological polar surface area (TPSA) is 46.9 Å². The van der Waals surface area contributed by atoms with E-state index in [0.717, 1.165) is 23.0 Å². The fourth-order valence-electron chi connectivity index (χ4n) is 2.74. The fraction of sp³-hybridized carbons (Fsp3) is 0.158. The van der Waals surface area contributed by atoms with Gasteiger partial charge in [0.2, 0.25) is 0 Å². The van der Waals surface area contributed by atoms with Crippen LogP contribution in [0.1, 0.15) is 21.6 Å². The highest BCUT2D eigenvalue weighted by molar-refractivity contribution is 6.07. The number of benzene rings is 2. The SMILES string of the molecule is Cn1cc(C(=O)Nc2ccccc2-c2ccc(C(F)(F)F)cc2)c(C(F)(F)F)n1. The smallest absolute Gasteiger partial charge is 0.321 e. The Hall–Kier alpha value is -3.30. The summed E-state index contributed by atoms with van der Waals surface area (Å²) in [7, 11) is 1.25. The molecule has 4 nitrogen and oxygen atoms in total. The molecule has 1 aromatic heterocycles. The molecule has 0 saturated carbocycles. The molecule has 1 N–H and O–H groups in total. The molecule has 0 radical (unpaired) electrons. The average molecular weight is 413 g/mol. The van der Waals surface area contributed by atoms with E-state index in [1.165, 1.54) is 37.4 Å². The van der Waals surface area contributed by atoms with Crippen molar-refractivity contribution in [2.24, 2.45) is 7.05 Å². The van der Waals surface area contributed by atoms with Crippen LogP contribution in [0.5, 0.6) is 0 Å². The summed E-state index contributed by atoms with van der Waals surface area (Å²) in [6, 6.07) is 10.3. The molecule has 0 atom stereocenters. The van der Waals surface area contributed by atoms with E-state index in [1.807, 2.05) is 0 Å². The second kappa shape index (κ2) is 7.26. The maximum atomic E-state index is 13.1. The highest BCUT2D eigenvalue weighted by atomic mass is 19.4. The van der Waals surface area contributed by atoms with Crippen molar-refractivity contribution in [2.45, 2.75) is 12.4 Å². The number of rotatable bonds is 3. The molecule has 0 bridgehead atoms. The van der Waals surface area contributed by atoms with E-state index in [0.29, 0.717) is 11.1 Å². The van der Waals surface area contributed by atoms with Gasteiger partial charge in [-0.2, -0.15) is 31.4 Å². The lowest BCUT2D eigenvalue weighted by Gasteiger charge is -2.13. The van der Waals surface area contributed by atoms with Crippen molar-refractivity contribution in [3.63, 3.8) is 0 Å². The summed E-state index contributed by atoms with van der Waals surface area (Å²) in [5.74, 6) is -1.04. The number of carbonyl (C=O) groups excluding carboxylic acids is 1. The van der Waals surface area contributed by atoms with Crippen LogP contribution in [0, 0.1) is 0 Å². The fourth-order valence-corrected chi connectivity index (χ4v) is 2.74. The first-order valence-electron chi connectivity index (χ1n) is 8.15. The van der Waals surface area contributed by atoms with Crippen LogP contribution in [0.15, 0.2) is 54.7 Å². The summed E-state index contributed by atoms with van der Waals surface area (Å²) in [6.07, 6.45) is -8.37. The Morgan fingerprint density at radius 1 is 0.931 bits per heavy atom. The van der Waals surface area contributed by atoms with Gasteiger partial charge >= 0.3 is 12.4 Å². The van der Waals surface area contributed by atoms with Gasteiger partial charge in [-0.25, -0.2) is 0 Å². The number of aromatic nitrogens is 2. The van der Waals surface area contributed by atoms with Gasteiger partial charge in [0, 0.05) is 24.5 Å². The highest BCUT2D eigenvalue weighted by Gasteiger charge is 2.39. The molecule has 0 saturated heterocycles. The Bertz CT molecular complexity index is 1040. The van der Waals surface area contributed by atoms with Gasteiger partial charge in [-0.1, -0.05) is 30.3 Å². The molecule has 3 aromatic rings. The Labute approximate surface area is 160 Å². The lowest BCUT2D eigenvalue weighted by molar-refractivity contribution is -0.141. The summed E-state index contributed by atoms with van der Waals surface area (Å²) < 4.78 is 78.4. The van der Waals surface area contributed by atoms with E-state index in [2.05, 4.69) is 10.4 Å². The number of para-hydroxylation sites is 1. The molecule has 0 fully saturated rings. The molecule has 2 aromatic carbocycles. The maximum Gasteiger partial charge on any atom is 0.435 e. The van der Waals surface area contributed by atoms with Crippen LogP contribution in [-0.2, 0) is 19.4 Å². The molecule has 10 heteroatoms.